The van der Waals surface area contributed by atoms with E-state index in [-0.39, 0.29) is 38.1 Å². The van der Waals surface area contributed by atoms with Gasteiger partial charge in [-0.15, -0.1) is 0 Å². The summed E-state index contributed by atoms with van der Waals surface area (Å²) >= 11 is 12.5. The highest BCUT2D eigenvalue weighted by Gasteiger charge is 2.38. The first-order valence-electron chi connectivity index (χ1n) is 8.22. The van der Waals surface area contributed by atoms with Gasteiger partial charge in [0, 0.05) is 10.6 Å². The highest BCUT2D eigenvalue weighted by molar-refractivity contribution is 6.36. The standard InChI is InChI=1S/C18H12Cl2F3N5O2/c1-18(22,8-21)28(23)16-13(10-4-3-9(6-24)5-12(10)19)14(20)26-15-11(17(29)30-2)7-25-27(15)16/h3-5,7H,8H2,1-2H3/t18-/m1/s1. The average Bonchev–Trinajstić information content (AvgIpc) is 3.15. The maximum Gasteiger partial charge on any atom is 0.343 e. The number of esters is 1. The number of carbonyl (C=O) groups is 1. The lowest BCUT2D eigenvalue weighted by molar-refractivity contribution is 0.0602. The molecule has 30 heavy (non-hydrogen) atoms. The first-order chi connectivity index (χ1) is 14.2. The number of halogens is 5. The molecule has 0 radical (unpaired) electrons. The maximum atomic E-state index is 15.2. The second-order valence-electron chi connectivity index (χ2n) is 6.25. The van der Waals surface area contributed by atoms with Gasteiger partial charge < -0.3 is 4.74 Å². The summed E-state index contributed by atoms with van der Waals surface area (Å²) in [7, 11) is 1.11. The molecule has 0 N–H and O–H groups in total. The van der Waals surface area contributed by atoms with E-state index < -0.39 is 29.4 Å². The molecule has 1 atom stereocenters. The van der Waals surface area contributed by atoms with Crippen molar-refractivity contribution in [2.75, 3.05) is 18.9 Å². The summed E-state index contributed by atoms with van der Waals surface area (Å²) < 4.78 is 48.5. The van der Waals surface area contributed by atoms with Gasteiger partial charge in [0.15, 0.2) is 11.5 Å². The number of hydrogen-bond donors (Lipinski definition) is 0. The molecule has 7 nitrogen and oxygen atoms in total. The molecule has 3 rings (SSSR count). The Balaban J connectivity index is 2.43. The minimum Gasteiger partial charge on any atom is -0.465 e. The number of rotatable bonds is 5. The van der Waals surface area contributed by atoms with Crippen molar-refractivity contribution in [3.63, 3.8) is 0 Å². The summed E-state index contributed by atoms with van der Waals surface area (Å²) in [4.78, 5) is 16.0. The van der Waals surface area contributed by atoms with Gasteiger partial charge in [-0.2, -0.15) is 20.0 Å². The zero-order valence-corrected chi connectivity index (χ0v) is 17.0. The molecular weight excluding hydrogens is 446 g/mol. The molecule has 0 saturated carbocycles. The van der Waals surface area contributed by atoms with Gasteiger partial charge >= 0.3 is 5.97 Å². The zero-order valence-electron chi connectivity index (χ0n) is 15.5. The van der Waals surface area contributed by atoms with E-state index in [9.17, 15) is 13.6 Å². The molecule has 0 aliphatic rings. The average molecular weight is 458 g/mol. The van der Waals surface area contributed by atoms with Crippen LogP contribution in [0.4, 0.5) is 19.1 Å². The second kappa shape index (κ2) is 8.01. The number of nitriles is 1. The largest absolute Gasteiger partial charge is 0.465 e. The van der Waals surface area contributed by atoms with Crippen molar-refractivity contribution in [2.45, 2.75) is 12.7 Å². The van der Waals surface area contributed by atoms with Crippen LogP contribution in [-0.4, -0.2) is 40.1 Å². The first kappa shape index (κ1) is 21.7. The third-order valence-electron chi connectivity index (χ3n) is 4.19. The lowest BCUT2D eigenvalue weighted by atomic mass is 10.1. The number of nitrogens with zero attached hydrogens (tertiary/aromatic N) is 5. The molecule has 3 aromatic rings. The summed E-state index contributed by atoms with van der Waals surface area (Å²) in [6.45, 7) is -1.04. The Morgan fingerprint density at radius 2 is 2.13 bits per heavy atom. The predicted molar refractivity (Wildman–Crippen MR) is 104 cm³/mol. The van der Waals surface area contributed by atoms with Gasteiger partial charge in [0.25, 0.3) is 0 Å². The van der Waals surface area contributed by atoms with Crippen LogP contribution in [0.2, 0.25) is 10.2 Å². The van der Waals surface area contributed by atoms with Crippen molar-refractivity contribution in [1.29, 1.82) is 5.26 Å². The third kappa shape index (κ3) is 3.51. The maximum absolute atomic E-state index is 15.2. The van der Waals surface area contributed by atoms with E-state index >= 15 is 4.48 Å². The minimum atomic E-state index is -3.11. The molecule has 0 unspecified atom stereocenters. The van der Waals surface area contributed by atoms with Gasteiger partial charge in [0.1, 0.15) is 17.4 Å². The van der Waals surface area contributed by atoms with Crippen molar-refractivity contribution < 1.29 is 22.8 Å². The fraction of sp³-hybridized carbons (Fsp3) is 0.222. The Labute approximate surface area is 178 Å². The van der Waals surface area contributed by atoms with Gasteiger partial charge in [-0.25, -0.2) is 18.6 Å². The molecule has 156 valence electrons. The van der Waals surface area contributed by atoms with E-state index in [2.05, 4.69) is 14.8 Å². The summed E-state index contributed by atoms with van der Waals surface area (Å²) in [6, 6.07) is 5.90. The van der Waals surface area contributed by atoms with E-state index in [1.54, 1.807) is 0 Å². The third-order valence-corrected chi connectivity index (χ3v) is 4.78. The molecule has 0 aliphatic carbocycles. The minimum absolute atomic E-state index is 0.0205. The fourth-order valence-electron chi connectivity index (χ4n) is 2.68. The Morgan fingerprint density at radius 1 is 1.43 bits per heavy atom. The van der Waals surface area contributed by atoms with Crippen LogP contribution in [0.5, 0.6) is 0 Å². The molecule has 2 aromatic heterocycles. The van der Waals surface area contributed by atoms with E-state index in [1.807, 2.05) is 6.07 Å². The van der Waals surface area contributed by atoms with Crippen LogP contribution < -0.4 is 5.12 Å². The van der Waals surface area contributed by atoms with Crippen molar-refractivity contribution in [3.8, 4) is 17.2 Å². The van der Waals surface area contributed by atoms with E-state index in [4.69, 9.17) is 28.5 Å². The number of anilines is 1. The number of hydrogen-bond acceptors (Lipinski definition) is 6. The number of ether oxygens (including phenoxy) is 1. The van der Waals surface area contributed by atoms with Crippen molar-refractivity contribution in [2.24, 2.45) is 0 Å². The van der Waals surface area contributed by atoms with E-state index in [1.165, 1.54) is 18.2 Å². The summed E-state index contributed by atoms with van der Waals surface area (Å²) in [5.41, 5.74) is -0.353. The zero-order chi connectivity index (χ0) is 22.2. The molecule has 0 saturated heterocycles. The molecule has 0 aliphatic heterocycles. The second-order valence-corrected chi connectivity index (χ2v) is 7.01. The van der Waals surface area contributed by atoms with Crippen LogP contribution in [0.15, 0.2) is 24.4 Å². The number of methoxy groups -OCH3 is 1. The highest BCUT2D eigenvalue weighted by atomic mass is 35.5. The number of benzene rings is 1. The number of fused-ring (bicyclic) bond motifs is 1. The molecule has 0 amide bonds. The van der Waals surface area contributed by atoms with Gasteiger partial charge in [-0.3, -0.25) is 0 Å². The summed E-state index contributed by atoms with van der Waals surface area (Å²) in [6.07, 6.45) is 1.02. The summed E-state index contributed by atoms with van der Waals surface area (Å²) in [5, 5.41) is 12.0. The first-order valence-corrected chi connectivity index (χ1v) is 8.98. The molecule has 0 spiro atoms. The molecular formula is C18H12Cl2F3N5O2. The van der Waals surface area contributed by atoms with Crippen LogP contribution in [-0.2, 0) is 4.74 Å². The number of carbonyl (C=O) groups excluding carboxylic acids is 1. The van der Waals surface area contributed by atoms with Crippen molar-refractivity contribution in [1.82, 2.24) is 14.6 Å². The topological polar surface area (TPSA) is 83.5 Å². The van der Waals surface area contributed by atoms with Crippen molar-refractivity contribution in [3.05, 3.63) is 45.7 Å². The molecule has 0 fully saturated rings. The van der Waals surface area contributed by atoms with E-state index in [0.717, 1.165) is 17.8 Å². The predicted octanol–water partition coefficient (Wildman–Crippen LogP) is 4.71. The van der Waals surface area contributed by atoms with Crippen LogP contribution >= 0.6 is 23.2 Å². The van der Waals surface area contributed by atoms with Crippen LogP contribution in [0, 0.1) is 11.3 Å². The Bertz CT molecular complexity index is 1190. The Kier molecular flexibility index (Phi) is 5.78. The monoisotopic (exact) mass is 457 g/mol. The van der Waals surface area contributed by atoms with Crippen molar-refractivity contribution >= 4 is 40.6 Å². The van der Waals surface area contributed by atoms with Gasteiger partial charge in [-0.1, -0.05) is 33.7 Å². The molecule has 2 heterocycles. The quantitative estimate of drug-likeness (QED) is 0.239. The highest BCUT2D eigenvalue weighted by Crippen LogP contribution is 2.43. The van der Waals surface area contributed by atoms with Gasteiger partial charge in [0.2, 0.25) is 5.79 Å². The molecule has 1 aromatic carbocycles. The van der Waals surface area contributed by atoms with Gasteiger partial charge in [0.05, 0.1) is 30.5 Å². The van der Waals surface area contributed by atoms with Crippen LogP contribution in [0.25, 0.3) is 16.8 Å². The smallest absolute Gasteiger partial charge is 0.343 e. The van der Waals surface area contributed by atoms with Crippen LogP contribution in [0.1, 0.15) is 22.8 Å². The Morgan fingerprint density at radius 3 is 2.70 bits per heavy atom. The Hall–Kier alpha value is -3.03. The normalized spacial score (nSPS) is 13.0. The fourth-order valence-corrected chi connectivity index (χ4v) is 3.22. The van der Waals surface area contributed by atoms with E-state index in [0.29, 0.717) is 6.92 Å². The lowest BCUT2D eigenvalue weighted by Gasteiger charge is -2.28. The van der Waals surface area contributed by atoms with Crippen LogP contribution in [0.3, 0.4) is 0 Å². The SMILES string of the molecule is COC(=O)c1cnn2c(N(F)[C@@](C)(F)CF)c(-c3ccc(C#N)cc3Cl)c(Cl)nc12. The lowest BCUT2D eigenvalue weighted by Crippen LogP contribution is -2.40. The number of aromatic nitrogens is 3. The number of alkyl halides is 2. The molecule has 0 bridgehead atoms. The molecule has 12 heteroatoms. The van der Waals surface area contributed by atoms with Gasteiger partial charge in [-0.05, 0) is 19.1 Å². The summed E-state index contributed by atoms with van der Waals surface area (Å²) in [5.74, 6) is -4.61.